The van der Waals surface area contributed by atoms with Crippen molar-refractivity contribution >= 4 is 51.6 Å². The highest BCUT2D eigenvalue weighted by Crippen LogP contribution is 2.47. The summed E-state index contributed by atoms with van der Waals surface area (Å²) in [7, 11) is 3.32. The minimum absolute atomic E-state index is 0.131. The van der Waals surface area contributed by atoms with Gasteiger partial charge in [0.25, 0.3) is 0 Å². The van der Waals surface area contributed by atoms with Gasteiger partial charge in [-0.2, -0.15) is 0 Å². The number of rotatable bonds is 16. The number of aromatic nitrogens is 2. The molecule has 1 aromatic carbocycles. The van der Waals surface area contributed by atoms with Gasteiger partial charge in [0.05, 0.1) is 36.8 Å². The summed E-state index contributed by atoms with van der Waals surface area (Å²) < 4.78 is 17.6. The third kappa shape index (κ3) is 7.68. The number of esters is 1. The van der Waals surface area contributed by atoms with E-state index in [9.17, 15) is 14.4 Å². The second-order valence-electron chi connectivity index (χ2n) is 13.4. The molecule has 10 nitrogen and oxygen atoms in total. The highest BCUT2D eigenvalue weighted by Gasteiger charge is 2.62. The van der Waals surface area contributed by atoms with Gasteiger partial charge in [-0.3, -0.25) is 9.59 Å². The molecule has 0 radical (unpaired) electrons. The maximum absolute atomic E-state index is 14.1. The van der Waals surface area contributed by atoms with E-state index in [2.05, 4.69) is 32.3 Å². The van der Waals surface area contributed by atoms with Crippen LogP contribution in [0.2, 0.25) is 5.02 Å². The fourth-order valence-corrected chi connectivity index (χ4v) is 7.90. The number of fused-ring (bicyclic) bond motifs is 1. The zero-order valence-corrected chi connectivity index (χ0v) is 31.1. The number of allylic oxidation sites excluding steroid dienone is 1. The molecular weight excluding hydrogens is 676 g/mol. The van der Waals surface area contributed by atoms with Crippen molar-refractivity contribution in [3.63, 3.8) is 0 Å². The average molecular weight is 723 g/mol. The molecule has 5 rings (SSSR count). The van der Waals surface area contributed by atoms with Crippen LogP contribution in [0.1, 0.15) is 70.9 Å². The molecule has 50 heavy (non-hydrogen) atoms. The summed E-state index contributed by atoms with van der Waals surface area (Å²) in [5, 5.41) is 6.74. The van der Waals surface area contributed by atoms with E-state index in [-0.39, 0.29) is 36.7 Å². The van der Waals surface area contributed by atoms with Crippen molar-refractivity contribution in [2.24, 2.45) is 17.8 Å². The van der Waals surface area contributed by atoms with Crippen molar-refractivity contribution < 1.29 is 28.6 Å². The van der Waals surface area contributed by atoms with E-state index in [1.54, 1.807) is 38.1 Å². The largest absolute Gasteiger partial charge is 0.495 e. The number of pyridine rings is 1. The fraction of sp³-hybridized carbons (Fsp3) is 0.500. The second kappa shape index (κ2) is 15.9. The molecule has 2 fully saturated rings. The number of thiazole rings is 1. The lowest BCUT2D eigenvalue weighted by Crippen LogP contribution is -2.50. The van der Waals surface area contributed by atoms with Crippen LogP contribution in [-0.2, 0) is 19.1 Å². The highest BCUT2D eigenvalue weighted by molar-refractivity contribution is 7.13. The van der Waals surface area contributed by atoms with Gasteiger partial charge in [-0.05, 0) is 63.5 Å². The molecule has 2 amide bonds. The van der Waals surface area contributed by atoms with Gasteiger partial charge in [-0.1, -0.05) is 37.6 Å². The van der Waals surface area contributed by atoms with Crippen LogP contribution in [0.3, 0.4) is 0 Å². The van der Waals surface area contributed by atoms with Gasteiger partial charge in [0.2, 0.25) is 11.8 Å². The van der Waals surface area contributed by atoms with E-state index in [0.29, 0.717) is 52.5 Å². The van der Waals surface area contributed by atoms with Crippen LogP contribution < -0.4 is 14.8 Å². The molecule has 2 heterocycles. The van der Waals surface area contributed by atoms with Gasteiger partial charge in [-0.15, -0.1) is 24.5 Å². The molecule has 0 bridgehead atoms. The molecule has 3 aromatic rings. The third-order valence-electron chi connectivity index (χ3n) is 9.68. The van der Waals surface area contributed by atoms with Gasteiger partial charge in [0.1, 0.15) is 38.9 Å². The Balaban J connectivity index is 1.47. The summed E-state index contributed by atoms with van der Waals surface area (Å²) in [6, 6.07) is 5.45. The molecule has 1 N–H and O–H groups in total. The van der Waals surface area contributed by atoms with E-state index in [1.165, 1.54) is 11.3 Å². The lowest BCUT2D eigenvalue weighted by Gasteiger charge is -2.26. The molecule has 2 saturated carbocycles. The van der Waals surface area contributed by atoms with E-state index in [1.807, 2.05) is 23.6 Å². The minimum atomic E-state index is -1.17. The Morgan fingerprint density at radius 3 is 2.56 bits per heavy atom. The van der Waals surface area contributed by atoms with Crippen LogP contribution in [0.4, 0.5) is 0 Å². The summed E-state index contributed by atoms with van der Waals surface area (Å²) in [6.45, 7) is 14.3. The average Bonchev–Trinajstić information content (AvgIpc) is 3.39. The number of nitrogens with zero attached hydrogens (tertiary/aromatic N) is 3. The van der Waals surface area contributed by atoms with Gasteiger partial charge in [0, 0.05) is 36.3 Å². The number of hydrogen-bond acceptors (Lipinski definition) is 9. The highest BCUT2D eigenvalue weighted by atomic mass is 35.5. The first kappa shape index (κ1) is 37.3. The molecule has 2 aliphatic rings. The van der Waals surface area contributed by atoms with Crippen molar-refractivity contribution in [2.75, 3.05) is 27.3 Å². The van der Waals surface area contributed by atoms with Gasteiger partial charge in [-0.25, -0.2) is 14.8 Å². The number of benzene rings is 1. The number of amides is 2. The number of hydrogen-bond donors (Lipinski definition) is 1. The van der Waals surface area contributed by atoms with Crippen molar-refractivity contribution in [2.45, 2.75) is 76.9 Å². The first-order valence-corrected chi connectivity index (χ1v) is 18.5. The zero-order chi connectivity index (χ0) is 36.2. The fourth-order valence-electron chi connectivity index (χ4n) is 6.68. The summed E-state index contributed by atoms with van der Waals surface area (Å²) in [5.41, 5.74) is 0.881. The topological polar surface area (TPSA) is 120 Å². The smallest absolute Gasteiger partial charge is 0.332 e. The molecule has 1 unspecified atom stereocenters. The summed E-state index contributed by atoms with van der Waals surface area (Å²) >= 11 is 8.29. The molecule has 268 valence electrons. The quantitative estimate of drug-likeness (QED) is 0.0926. The van der Waals surface area contributed by atoms with Gasteiger partial charge < -0.3 is 24.4 Å². The van der Waals surface area contributed by atoms with Crippen molar-refractivity contribution in [3.05, 3.63) is 59.6 Å². The first-order valence-electron chi connectivity index (χ1n) is 17.2. The SMILES string of the molecule is C=CCCCCN(C)C(=O)C1C[C@H](Oc2cc(-c3nc(C(C)C)cs3)nc3c(Cl)c(OC)ccc23)C[C@H]1C(=O)N[C@]1(C(=O)OCC)C[C@H]1C=C. The molecule has 5 atom stereocenters. The Kier molecular flexibility index (Phi) is 11.9. The number of unbranched alkanes of at least 4 members (excludes halogenated alkanes) is 2. The molecule has 0 spiro atoms. The monoisotopic (exact) mass is 722 g/mol. The summed E-state index contributed by atoms with van der Waals surface area (Å²) in [6.07, 6.45) is 6.60. The van der Waals surface area contributed by atoms with Crippen molar-refractivity contribution in [1.29, 1.82) is 0 Å². The number of ether oxygens (including phenoxy) is 3. The standard InChI is InChI=1S/C38H47ClN4O6S/c1-8-11-12-13-16-43(6)36(45)27-18-24(17-26(27)34(44)42-38(20-23(38)9-2)37(46)48-10-3)49-31-19-28(35-41-29(21-50-35)22(4)5)40-33-25(31)14-15-30(47-7)32(33)39/h8-9,14-15,19,21-24,26-27H,1-2,10-13,16-18,20H2,3-7H3,(H,42,44)/t23-,24-,26-,27?,38-/m1/s1. The maximum Gasteiger partial charge on any atom is 0.332 e. The molecular formula is C38H47ClN4O6S. The number of halogens is 1. The maximum atomic E-state index is 14.1. The predicted octanol–water partition coefficient (Wildman–Crippen LogP) is 7.36. The van der Waals surface area contributed by atoms with Crippen LogP contribution in [0.25, 0.3) is 21.6 Å². The molecule has 2 aliphatic carbocycles. The van der Waals surface area contributed by atoms with Gasteiger partial charge in [0.15, 0.2) is 0 Å². The number of carbonyl (C=O) groups is 3. The van der Waals surface area contributed by atoms with E-state index < -0.39 is 29.4 Å². The van der Waals surface area contributed by atoms with E-state index in [0.717, 1.165) is 30.0 Å². The van der Waals surface area contributed by atoms with Crippen LogP contribution in [0.5, 0.6) is 11.5 Å². The Bertz CT molecular complexity index is 1760. The summed E-state index contributed by atoms with van der Waals surface area (Å²) in [4.78, 5) is 52.5. The molecule has 0 aliphatic heterocycles. The van der Waals surface area contributed by atoms with Crippen LogP contribution in [0, 0.1) is 17.8 Å². The van der Waals surface area contributed by atoms with Crippen LogP contribution >= 0.6 is 22.9 Å². The summed E-state index contributed by atoms with van der Waals surface area (Å²) in [5.74, 6) is -1.39. The Hall–Kier alpha value is -3.96. The number of nitrogens with one attached hydrogen (secondary N) is 1. The molecule has 12 heteroatoms. The minimum Gasteiger partial charge on any atom is -0.495 e. The Morgan fingerprint density at radius 1 is 1.16 bits per heavy atom. The third-order valence-corrected chi connectivity index (χ3v) is 10.9. The molecule has 0 saturated heterocycles. The Morgan fingerprint density at radius 2 is 1.92 bits per heavy atom. The van der Waals surface area contributed by atoms with E-state index >= 15 is 0 Å². The van der Waals surface area contributed by atoms with Crippen molar-refractivity contribution in [3.8, 4) is 22.2 Å². The van der Waals surface area contributed by atoms with Crippen molar-refractivity contribution in [1.82, 2.24) is 20.2 Å². The van der Waals surface area contributed by atoms with E-state index in [4.69, 9.17) is 35.8 Å². The number of methoxy groups -OCH3 is 1. The normalized spacial score (nSPS) is 22.6. The first-order chi connectivity index (χ1) is 24.0. The zero-order valence-electron chi connectivity index (χ0n) is 29.5. The lowest BCUT2D eigenvalue weighted by molar-refractivity contribution is -0.150. The predicted molar refractivity (Wildman–Crippen MR) is 197 cm³/mol. The van der Waals surface area contributed by atoms with Crippen LogP contribution in [-0.4, -0.2) is 71.6 Å². The number of carbonyl (C=O) groups excluding carboxylic acids is 3. The molecule has 2 aromatic heterocycles. The van der Waals surface area contributed by atoms with Gasteiger partial charge >= 0.3 is 5.97 Å². The lowest BCUT2D eigenvalue weighted by atomic mass is 9.93. The second-order valence-corrected chi connectivity index (χ2v) is 14.6. The van der Waals surface area contributed by atoms with Crippen LogP contribution in [0.15, 0.2) is 48.9 Å². The Labute approximate surface area is 303 Å².